The number of aliphatic hydroxyl groups is 1. The molecule has 1 N–H and O–H groups in total. The minimum absolute atomic E-state index is 0.0321. The van der Waals surface area contributed by atoms with E-state index in [2.05, 4.69) is 4.98 Å². The van der Waals surface area contributed by atoms with Crippen LogP contribution in [0, 0.1) is 0 Å². The largest absolute Gasteiger partial charge is 0.390 e. The molecule has 1 rings (SSSR count). The fraction of sp³-hybridized carbons (Fsp3) is 0.500. The Morgan fingerprint density at radius 1 is 1.70 bits per heavy atom. The van der Waals surface area contributed by atoms with Crippen LogP contribution in [0.3, 0.4) is 0 Å². The van der Waals surface area contributed by atoms with Crippen LogP contribution < -0.4 is 4.90 Å². The van der Waals surface area contributed by atoms with Gasteiger partial charge < -0.3 is 10.0 Å². The fourth-order valence-corrected chi connectivity index (χ4v) is 1.32. The number of rotatable bonds is 2. The molecule has 1 aromatic rings. The predicted molar refractivity (Wildman–Crippen MR) is 42.4 cm³/mol. The van der Waals surface area contributed by atoms with Crippen molar-refractivity contribution in [1.82, 2.24) is 4.98 Å². The SMILES string of the molecule is CN(C)c1nc(CO)cs1. The van der Waals surface area contributed by atoms with Crippen LogP contribution in [0.1, 0.15) is 5.69 Å². The molecular formula is C6H10N2OS. The first-order valence-corrected chi connectivity index (χ1v) is 3.84. The van der Waals surface area contributed by atoms with E-state index in [1.807, 2.05) is 24.4 Å². The Labute approximate surface area is 63.9 Å². The van der Waals surface area contributed by atoms with Crippen LogP contribution >= 0.6 is 11.3 Å². The van der Waals surface area contributed by atoms with Gasteiger partial charge in [0.05, 0.1) is 12.3 Å². The second-order valence-corrected chi connectivity index (χ2v) is 3.01. The molecule has 0 radical (unpaired) electrons. The minimum Gasteiger partial charge on any atom is -0.390 e. The number of anilines is 1. The van der Waals surface area contributed by atoms with Crippen molar-refractivity contribution in [2.45, 2.75) is 6.61 Å². The number of nitrogens with zero attached hydrogens (tertiary/aromatic N) is 2. The van der Waals surface area contributed by atoms with E-state index in [1.165, 1.54) is 11.3 Å². The fourth-order valence-electron chi connectivity index (χ4n) is 0.574. The van der Waals surface area contributed by atoms with E-state index in [9.17, 15) is 0 Å². The van der Waals surface area contributed by atoms with E-state index in [4.69, 9.17) is 5.11 Å². The molecule has 0 aromatic carbocycles. The predicted octanol–water partition coefficient (Wildman–Crippen LogP) is 0.701. The Balaban J connectivity index is 2.78. The van der Waals surface area contributed by atoms with E-state index in [0.29, 0.717) is 0 Å². The van der Waals surface area contributed by atoms with Gasteiger partial charge in [0, 0.05) is 19.5 Å². The van der Waals surface area contributed by atoms with Gasteiger partial charge in [0.15, 0.2) is 5.13 Å². The van der Waals surface area contributed by atoms with Gasteiger partial charge in [-0.2, -0.15) is 0 Å². The van der Waals surface area contributed by atoms with Crippen molar-refractivity contribution < 1.29 is 5.11 Å². The molecule has 0 aliphatic heterocycles. The molecule has 0 saturated heterocycles. The van der Waals surface area contributed by atoms with Crippen molar-refractivity contribution in [2.24, 2.45) is 0 Å². The Hall–Kier alpha value is -0.610. The third-order valence-corrected chi connectivity index (χ3v) is 2.14. The lowest BCUT2D eigenvalue weighted by Gasteiger charge is -2.04. The van der Waals surface area contributed by atoms with Crippen LogP contribution in [0.5, 0.6) is 0 Å². The van der Waals surface area contributed by atoms with Gasteiger partial charge in [-0.1, -0.05) is 0 Å². The summed E-state index contributed by atoms with van der Waals surface area (Å²) in [5.74, 6) is 0. The number of thiazole rings is 1. The molecule has 0 bridgehead atoms. The van der Waals surface area contributed by atoms with Crippen molar-refractivity contribution in [2.75, 3.05) is 19.0 Å². The zero-order valence-corrected chi connectivity index (χ0v) is 6.85. The summed E-state index contributed by atoms with van der Waals surface area (Å²) in [6.45, 7) is 0.0321. The highest BCUT2D eigenvalue weighted by molar-refractivity contribution is 7.13. The van der Waals surface area contributed by atoms with Gasteiger partial charge in [0.1, 0.15) is 0 Å². The molecule has 0 amide bonds. The van der Waals surface area contributed by atoms with E-state index in [-0.39, 0.29) is 6.61 Å². The normalized spacial score (nSPS) is 9.90. The summed E-state index contributed by atoms with van der Waals surface area (Å²) in [7, 11) is 3.86. The van der Waals surface area contributed by atoms with Crippen molar-refractivity contribution >= 4 is 16.5 Å². The molecule has 10 heavy (non-hydrogen) atoms. The summed E-state index contributed by atoms with van der Waals surface area (Å²) in [6.07, 6.45) is 0. The lowest BCUT2D eigenvalue weighted by molar-refractivity contribution is 0.277. The van der Waals surface area contributed by atoms with Crippen LogP contribution in [0.4, 0.5) is 5.13 Å². The highest BCUT2D eigenvalue weighted by atomic mass is 32.1. The highest BCUT2D eigenvalue weighted by Gasteiger charge is 2.00. The molecule has 1 heterocycles. The first-order valence-electron chi connectivity index (χ1n) is 2.96. The summed E-state index contributed by atoms with van der Waals surface area (Å²) in [6, 6.07) is 0. The van der Waals surface area contributed by atoms with Crippen LogP contribution in [0.2, 0.25) is 0 Å². The number of aromatic nitrogens is 1. The molecule has 0 saturated carbocycles. The molecule has 0 aliphatic carbocycles. The minimum atomic E-state index is 0.0321. The van der Waals surface area contributed by atoms with Gasteiger partial charge in [0.25, 0.3) is 0 Å². The molecule has 0 aliphatic rings. The van der Waals surface area contributed by atoms with Crippen LogP contribution in [-0.2, 0) is 6.61 Å². The van der Waals surface area contributed by atoms with Gasteiger partial charge in [-0.15, -0.1) is 11.3 Å². The third kappa shape index (κ3) is 1.46. The summed E-state index contributed by atoms with van der Waals surface area (Å²) in [5.41, 5.74) is 0.744. The first-order chi connectivity index (χ1) is 4.74. The summed E-state index contributed by atoms with van der Waals surface area (Å²) in [5, 5.41) is 11.4. The van der Waals surface area contributed by atoms with Gasteiger partial charge in [-0.25, -0.2) is 4.98 Å². The van der Waals surface area contributed by atoms with E-state index < -0.39 is 0 Å². The Morgan fingerprint density at radius 3 is 2.70 bits per heavy atom. The van der Waals surface area contributed by atoms with Crippen molar-refractivity contribution in [3.05, 3.63) is 11.1 Å². The van der Waals surface area contributed by atoms with Gasteiger partial charge in [0.2, 0.25) is 0 Å². The molecule has 4 heteroatoms. The summed E-state index contributed by atoms with van der Waals surface area (Å²) >= 11 is 1.54. The maximum absolute atomic E-state index is 8.66. The van der Waals surface area contributed by atoms with Crippen molar-refractivity contribution in [3.63, 3.8) is 0 Å². The van der Waals surface area contributed by atoms with E-state index in [0.717, 1.165) is 10.8 Å². The smallest absolute Gasteiger partial charge is 0.185 e. The van der Waals surface area contributed by atoms with Crippen LogP contribution in [-0.4, -0.2) is 24.2 Å². The second kappa shape index (κ2) is 2.98. The quantitative estimate of drug-likeness (QED) is 0.688. The number of hydrogen-bond donors (Lipinski definition) is 1. The van der Waals surface area contributed by atoms with E-state index in [1.54, 1.807) is 0 Å². The molecule has 0 spiro atoms. The molecule has 0 atom stereocenters. The van der Waals surface area contributed by atoms with Gasteiger partial charge in [-0.05, 0) is 0 Å². The summed E-state index contributed by atoms with van der Waals surface area (Å²) in [4.78, 5) is 6.04. The molecule has 56 valence electrons. The summed E-state index contributed by atoms with van der Waals surface area (Å²) < 4.78 is 0. The first kappa shape index (κ1) is 7.50. The average Bonchev–Trinajstić information content (AvgIpc) is 2.34. The maximum atomic E-state index is 8.66. The number of hydrogen-bond acceptors (Lipinski definition) is 4. The standard InChI is InChI=1S/C6H10N2OS/c1-8(2)6-7-5(3-9)4-10-6/h4,9H,3H2,1-2H3. The van der Waals surface area contributed by atoms with Crippen molar-refractivity contribution in [3.8, 4) is 0 Å². The van der Waals surface area contributed by atoms with Crippen LogP contribution in [0.25, 0.3) is 0 Å². The highest BCUT2D eigenvalue weighted by Crippen LogP contribution is 2.17. The zero-order chi connectivity index (χ0) is 7.56. The lowest BCUT2D eigenvalue weighted by atomic mass is 10.5. The topological polar surface area (TPSA) is 36.4 Å². The molecular weight excluding hydrogens is 148 g/mol. The Bertz CT molecular complexity index is 209. The lowest BCUT2D eigenvalue weighted by Crippen LogP contribution is -2.07. The third-order valence-electron chi connectivity index (χ3n) is 1.08. The van der Waals surface area contributed by atoms with Gasteiger partial charge >= 0.3 is 0 Å². The number of aliphatic hydroxyl groups excluding tert-OH is 1. The maximum Gasteiger partial charge on any atom is 0.185 e. The molecule has 0 unspecified atom stereocenters. The second-order valence-electron chi connectivity index (χ2n) is 2.17. The van der Waals surface area contributed by atoms with Crippen molar-refractivity contribution in [1.29, 1.82) is 0 Å². The monoisotopic (exact) mass is 158 g/mol. The van der Waals surface area contributed by atoms with Crippen LogP contribution in [0.15, 0.2) is 5.38 Å². The van der Waals surface area contributed by atoms with Gasteiger partial charge in [-0.3, -0.25) is 0 Å². The molecule has 1 aromatic heterocycles. The molecule has 0 fully saturated rings. The Morgan fingerprint density at radius 2 is 2.40 bits per heavy atom. The zero-order valence-electron chi connectivity index (χ0n) is 6.03. The molecule has 3 nitrogen and oxygen atoms in total. The van der Waals surface area contributed by atoms with E-state index >= 15 is 0 Å². The Kier molecular flexibility index (Phi) is 2.24. The average molecular weight is 158 g/mol.